The Morgan fingerprint density at radius 3 is 2.50 bits per heavy atom. The highest BCUT2D eigenvalue weighted by Gasteiger charge is 2.28. The van der Waals surface area contributed by atoms with Gasteiger partial charge in [-0.3, -0.25) is 0 Å². The van der Waals surface area contributed by atoms with E-state index < -0.39 is 22.6 Å². The van der Waals surface area contributed by atoms with E-state index in [1.165, 1.54) is 0 Å². The van der Waals surface area contributed by atoms with E-state index in [-0.39, 0.29) is 17.4 Å². The zero-order valence-corrected chi connectivity index (χ0v) is 11.0. The first kappa shape index (κ1) is 13.5. The molecule has 100 valence electrons. The summed E-state index contributed by atoms with van der Waals surface area (Å²) in [5, 5.41) is 0. The molecule has 1 aliphatic heterocycles. The van der Waals surface area contributed by atoms with Crippen LogP contribution in [0.5, 0.6) is 0 Å². The molecule has 5 heteroatoms. The van der Waals surface area contributed by atoms with Gasteiger partial charge in [-0.2, -0.15) is 0 Å². The van der Waals surface area contributed by atoms with Gasteiger partial charge in [0.2, 0.25) is 0 Å². The van der Waals surface area contributed by atoms with Crippen molar-refractivity contribution in [1.29, 1.82) is 0 Å². The number of hydrogen-bond acceptors (Lipinski definition) is 3. The highest BCUT2D eigenvalue weighted by Crippen LogP contribution is 2.28. The van der Waals surface area contributed by atoms with E-state index in [9.17, 15) is 12.8 Å². The van der Waals surface area contributed by atoms with Crippen LogP contribution in [0.1, 0.15) is 23.5 Å². The summed E-state index contributed by atoms with van der Waals surface area (Å²) in [5.41, 5.74) is 7.59. The van der Waals surface area contributed by atoms with Crippen molar-refractivity contribution in [3.8, 4) is 0 Å². The van der Waals surface area contributed by atoms with Crippen molar-refractivity contribution in [2.75, 3.05) is 18.2 Å². The highest BCUT2D eigenvalue weighted by atomic mass is 32.2. The third-order valence-electron chi connectivity index (χ3n) is 3.38. The summed E-state index contributed by atoms with van der Waals surface area (Å²) in [6.07, 6.45) is 1.21. The fourth-order valence-corrected chi connectivity index (χ4v) is 4.12. The molecule has 1 fully saturated rings. The monoisotopic (exact) mass is 271 g/mol. The van der Waals surface area contributed by atoms with Crippen LogP contribution in [0.4, 0.5) is 4.39 Å². The van der Waals surface area contributed by atoms with Gasteiger partial charge < -0.3 is 5.73 Å². The minimum Gasteiger partial charge on any atom is -0.325 e. The highest BCUT2D eigenvalue weighted by molar-refractivity contribution is 7.91. The van der Waals surface area contributed by atoms with E-state index in [1.807, 2.05) is 24.3 Å². The third-order valence-corrected chi connectivity index (χ3v) is 5.15. The number of rotatable bonds is 4. The Balaban J connectivity index is 2.04. The summed E-state index contributed by atoms with van der Waals surface area (Å²) in [5.74, 6) is 0.640. The van der Waals surface area contributed by atoms with Crippen molar-refractivity contribution >= 4 is 9.84 Å². The largest absolute Gasteiger partial charge is 0.325 e. The fourth-order valence-electron chi connectivity index (χ4n) is 2.34. The fraction of sp³-hybridized carbons (Fsp3) is 0.538. The topological polar surface area (TPSA) is 60.2 Å². The number of halogens is 1. The smallest absolute Gasteiger partial charge is 0.150 e. The molecule has 1 aliphatic rings. The van der Waals surface area contributed by atoms with Crippen LogP contribution in [-0.2, 0) is 16.3 Å². The first-order chi connectivity index (χ1) is 8.50. The summed E-state index contributed by atoms with van der Waals surface area (Å²) in [4.78, 5) is 0. The molecule has 0 radical (unpaired) electrons. The molecule has 1 aromatic carbocycles. The first-order valence-corrected chi connectivity index (χ1v) is 7.93. The second-order valence-electron chi connectivity index (χ2n) is 4.96. The molecule has 18 heavy (non-hydrogen) atoms. The van der Waals surface area contributed by atoms with E-state index in [4.69, 9.17) is 5.73 Å². The average Bonchev–Trinajstić information content (AvgIpc) is 2.70. The molecule has 0 bridgehead atoms. The maximum Gasteiger partial charge on any atom is 0.150 e. The van der Waals surface area contributed by atoms with Crippen molar-refractivity contribution < 1.29 is 12.8 Å². The quantitative estimate of drug-likeness (QED) is 0.901. The third kappa shape index (κ3) is 3.29. The molecule has 3 nitrogen and oxygen atoms in total. The van der Waals surface area contributed by atoms with Gasteiger partial charge in [-0.15, -0.1) is 0 Å². The van der Waals surface area contributed by atoms with Crippen molar-refractivity contribution in [1.82, 2.24) is 0 Å². The lowest BCUT2D eigenvalue weighted by atomic mass is 9.96. The Labute approximate surface area is 107 Å². The van der Waals surface area contributed by atoms with Gasteiger partial charge in [-0.1, -0.05) is 24.3 Å². The Bertz CT molecular complexity index is 498. The zero-order valence-electron chi connectivity index (χ0n) is 10.2. The van der Waals surface area contributed by atoms with E-state index in [1.54, 1.807) is 0 Å². The average molecular weight is 271 g/mol. The van der Waals surface area contributed by atoms with Gasteiger partial charge >= 0.3 is 0 Å². The molecule has 0 aromatic heterocycles. The van der Waals surface area contributed by atoms with Gasteiger partial charge in [-0.25, -0.2) is 12.8 Å². The van der Waals surface area contributed by atoms with Crippen molar-refractivity contribution in [3.05, 3.63) is 35.4 Å². The lowest BCUT2D eigenvalue weighted by molar-refractivity contribution is 0.427. The summed E-state index contributed by atoms with van der Waals surface area (Å²) in [6.45, 7) is -0.525. The maximum absolute atomic E-state index is 12.3. The van der Waals surface area contributed by atoms with Crippen LogP contribution in [0.25, 0.3) is 0 Å². The second kappa shape index (κ2) is 5.36. The number of nitrogens with two attached hydrogens (primary N) is 1. The van der Waals surface area contributed by atoms with E-state index in [0.29, 0.717) is 12.8 Å². The van der Waals surface area contributed by atoms with Gasteiger partial charge in [0, 0.05) is 6.04 Å². The van der Waals surface area contributed by atoms with E-state index in [2.05, 4.69) is 0 Å². The second-order valence-corrected chi connectivity index (χ2v) is 7.19. The SMILES string of the molecule is N[C@H](CF)Cc1ccc(C2CCS(=O)(=O)C2)cc1. The molecule has 1 saturated heterocycles. The minimum atomic E-state index is -2.85. The van der Waals surface area contributed by atoms with Crippen molar-refractivity contribution in [3.63, 3.8) is 0 Å². The van der Waals surface area contributed by atoms with Gasteiger partial charge in [0.05, 0.1) is 11.5 Å². The molecular weight excluding hydrogens is 253 g/mol. The minimum absolute atomic E-state index is 0.110. The molecule has 2 N–H and O–H groups in total. The Morgan fingerprint density at radius 1 is 1.33 bits per heavy atom. The van der Waals surface area contributed by atoms with Gasteiger partial charge in [0.1, 0.15) is 6.67 Å². The lowest BCUT2D eigenvalue weighted by Gasteiger charge is -2.11. The number of benzene rings is 1. The summed E-state index contributed by atoms with van der Waals surface area (Å²) in [6, 6.07) is 7.24. The summed E-state index contributed by atoms with van der Waals surface area (Å²) in [7, 11) is -2.85. The molecule has 2 atom stereocenters. The standard InChI is InChI=1S/C13H18FNO2S/c14-8-13(15)7-10-1-3-11(4-2-10)12-5-6-18(16,17)9-12/h1-4,12-13H,5-9,15H2/t12?,13-/m0/s1. The van der Waals surface area contributed by atoms with E-state index in [0.717, 1.165) is 11.1 Å². The molecular formula is C13H18FNO2S. The lowest BCUT2D eigenvalue weighted by Crippen LogP contribution is -2.24. The molecule has 0 aliphatic carbocycles. The Kier molecular flexibility index (Phi) is 4.02. The Morgan fingerprint density at radius 2 is 2.00 bits per heavy atom. The zero-order chi connectivity index (χ0) is 13.2. The maximum atomic E-state index is 12.3. The van der Waals surface area contributed by atoms with Crippen LogP contribution in [0, 0.1) is 0 Å². The van der Waals surface area contributed by atoms with Crippen LogP contribution < -0.4 is 5.73 Å². The van der Waals surface area contributed by atoms with Crippen LogP contribution in [0.3, 0.4) is 0 Å². The van der Waals surface area contributed by atoms with Gasteiger partial charge in [-0.05, 0) is 29.9 Å². The molecule has 1 aromatic rings. The molecule has 0 amide bonds. The van der Waals surface area contributed by atoms with Crippen molar-refractivity contribution in [2.45, 2.75) is 24.8 Å². The van der Waals surface area contributed by atoms with Crippen LogP contribution >= 0.6 is 0 Å². The number of hydrogen-bond donors (Lipinski definition) is 1. The number of sulfone groups is 1. The van der Waals surface area contributed by atoms with Crippen LogP contribution in [-0.4, -0.2) is 32.6 Å². The van der Waals surface area contributed by atoms with E-state index >= 15 is 0 Å². The van der Waals surface area contributed by atoms with Gasteiger partial charge in [0.15, 0.2) is 9.84 Å². The molecule has 2 rings (SSSR count). The summed E-state index contributed by atoms with van der Waals surface area (Å²) >= 11 is 0. The Hall–Kier alpha value is -0.940. The van der Waals surface area contributed by atoms with Crippen LogP contribution in [0.2, 0.25) is 0 Å². The predicted octanol–water partition coefficient (Wildman–Crippen LogP) is 1.43. The molecule has 1 heterocycles. The first-order valence-electron chi connectivity index (χ1n) is 6.11. The normalized spacial score (nSPS) is 24.0. The van der Waals surface area contributed by atoms with Gasteiger partial charge in [0.25, 0.3) is 0 Å². The van der Waals surface area contributed by atoms with Crippen molar-refractivity contribution in [2.24, 2.45) is 5.73 Å². The van der Waals surface area contributed by atoms with Crippen LogP contribution in [0.15, 0.2) is 24.3 Å². The molecule has 1 unspecified atom stereocenters. The summed E-state index contributed by atoms with van der Waals surface area (Å²) < 4.78 is 35.1. The predicted molar refractivity (Wildman–Crippen MR) is 70.1 cm³/mol. The molecule has 0 spiro atoms. The molecule has 0 saturated carbocycles. The number of alkyl halides is 1.